The van der Waals surface area contributed by atoms with Gasteiger partial charge in [-0.15, -0.1) is 0 Å². The van der Waals surface area contributed by atoms with E-state index >= 15 is 0 Å². The van der Waals surface area contributed by atoms with Crippen LogP contribution < -0.4 is 4.74 Å². The van der Waals surface area contributed by atoms with Crippen LogP contribution >= 0.6 is 0 Å². The second-order valence-corrected chi connectivity index (χ2v) is 2.97. The van der Waals surface area contributed by atoms with Gasteiger partial charge >= 0.3 is 6.61 Å². The number of benzene rings is 1. The molecular weight excluding hydrogens is 204 g/mol. The normalized spacial score (nSPS) is 14.2. The average molecular weight is 211 g/mol. The molecule has 0 amide bonds. The number of para-hydroxylation sites is 1. The number of Topliss-reactive ketones (excluding diaryl/α,β-unsaturated/α-hetero) is 1. The van der Waals surface area contributed by atoms with Crippen LogP contribution in [0.1, 0.15) is 16.8 Å². The molecule has 15 heavy (non-hydrogen) atoms. The Morgan fingerprint density at radius 3 is 2.93 bits per heavy atom. The van der Waals surface area contributed by atoms with Crippen molar-refractivity contribution in [2.75, 3.05) is 0 Å². The van der Waals surface area contributed by atoms with Gasteiger partial charge in [0.1, 0.15) is 5.69 Å². The third kappa shape index (κ3) is 1.86. The van der Waals surface area contributed by atoms with E-state index in [9.17, 15) is 13.6 Å². The van der Waals surface area contributed by atoms with Crippen molar-refractivity contribution in [3.05, 3.63) is 23.8 Å². The van der Waals surface area contributed by atoms with Crippen molar-refractivity contribution in [2.24, 2.45) is 4.99 Å². The summed E-state index contributed by atoms with van der Waals surface area (Å²) in [6.07, 6.45) is 1.59. The summed E-state index contributed by atoms with van der Waals surface area (Å²) < 4.78 is 28.3. The van der Waals surface area contributed by atoms with Gasteiger partial charge in [0.15, 0.2) is 11.5 Å². The summed E-state index contributed by atoms with van der Waals surface area (Å²) in [5.74, 6) is -0.202. The molecule has 0 saturated heterocycles. The van der Waals surface area contributed by atoms with Crippen LogP contribution in [0.25, 0.3) is 0 Å². The van der Waals surface area contributed by atoms with Crippen molar-refractivity contribution in [1.29, 1.82) is 0 Å². The van der Waals surface area contributed by atoms with Crippen LogP contribution in [0.3, 0.4) is 0 Å². The number of nitrogens with zero attached hydrogens (tertiary/aromatic N) is 1. The van der Waals surface area contributed by atoms with E-state index in [4.69, 9.17) is 0 Å². The summed E-state index contributed by atoms with van der Waals surface area (Å²) in [5, 5.41) is 0. The molecule has 78 valence electrons. The van der Waals surface area contributed by atoms with E-state index in [1.54, 1.807) is 6.07 Å². The molecule has 0 unspecified atom stereocenters. The molecule has 1 aliphatic rings. The fourth-order valence-corrected chi connectivity index (χ4v) is 1.40. The first-order valence-corrected chi connectivity index (χ1v) is 4.32. The first-order chi connectivity index (χ1) is 7.18. The van der Waals surface area contributed by atoms with Crippen LogP contribution in [-0.2, 0) is 0 Å². The van der Waals surface area contributed by atoms with Gasteiger partial charge in [-0.3, -0.25) is 9.79 Å². The van der Waals surface area contributed by atoms with E-state index < -0.39 is 6.61 Å². The highest BCUT2D eigenvalue weighted by Crippen LogP contribution is 2.34. The van der Waals surface area contributed by atoms with Crippen LogP contribution in [0, 0.1) is 0 Å². The largest absolute Gasteiger partial charge is 0.432 e. The van der Waals surface area contributed by atoms with E-state index in [1.807, 2.05) is 0 Å². The number of ether oxygens (including phenoxy) is 1. The maximum absolute atomic E-state index is 12.0. The predicted molar refractivity (Wildman–Crippen MR) is 50.2 cm³/mol. The Morgan fingerprint density at radius 2 is 2.20 bits per heavy atom. The molecule has 0 fully saturated rings. The molecule has 1 aliphatic heterocycles. The Labute approximate surface area is 84.4 Å². The van der Waals surface area contributed by atoms with Gasteiger partial charge in [0, 0.05) is 18.2 Å². The van der Waals surface area contributed by atoms with E-state index in [-0.39, 0.29) is 23.6 Å². The van der Waals surface area contributed by atoms with Crippen LogP contribution in [0.5, 0.6) is 5.75 Å². The Kier molecular flexibility index (Phi) is 2.45. The van der Waals surface area contributed by atoms with Crippen molar-refractivity contribution >= 4 is 17.7 Å². The lowest BCUT2D eigenvalue weighted by molar-refractivity contribution is -0.0494. The quantitative estimate of drug-likeness (QED) is 0.754. The molecule has 2 rings (SSSR count). The number of carbonyl (C=O) groups excluding carboxylic acids is 1. The fourth-order valence-electron chi connectivity index (χ4n) is 1.40. The molecule has 5 heteroatoms. The van der Waals surface area contributed by atoms with Gasteiger partial charge in [-0.25, -0.2) is 0 Å². The first kappa shape index (κ1) is 9.76. The van der Waals surface area contributed by atoms with Crippen LogP contribution in [0.15, 0.2) is 23.2 Å². The number of ketones is 1. The first-order valence-electron chi connectivity index (χ1n) is 4.32. The van der Waals surface area contributed by atoms with Crippen molar-refractivity contribution < 1.29 is 18.3 Å². The topological polar surface area (TPSA) is 38.7 Å². The molecule has 0 spiro atoms. The average Bonchev–Trinajstić information content (AvgIpc) is 2.19. The van der Waals surface area contributed by atoms with Gasteiger partial charge in [-0.05, 0) is 12.1 Å². The number of alkyl halides is 2. The summed E-state index contributed by atoms with van der Waals surface area (Å²) in [6, 6.07) is 4.41. The minimum Gasteiger partial charge on any atom is -0.432 e. The zero-order valence-electron chi connectivity index (χ0n) is 7.61. The van der Waals surface area contributed by atoms with Crippen molar-refractivity contribution in [1.82, 2.24) is 0 Å². The maximum atomic E-state index is 12.0. The molecule has 1 aromatic rings. The molecular formula is C10H7F2NO2. The van der Waals surface area contributed by atoms with Crippen molar-refractivity contribution in [3.63, 3.8) is 0 Å². The van der Waals surface area contributed by atoms with Gasteiger partial charge in [0.05, 0.1) is 0 Å². The molecule has 0 atom stereocenters. The van der Waals surface area contributed by atoms with E-state index in [0.717, 1.165) is 0 Å². The predicted octanol–water partition coefficient (Wildman–Crippen LogP) is 2.58. The highest BCUT2D eigenvalue weighted by molar-refractivity contribution is 6.10. The van der Waals surface area contributed by atoms with Crippen LogP contribution in [0.2, 0.25) is 0 Å². The molecule has 0 saturated carbocycles. The number of hydrogen-bond acceptors (Lipinski definition) is 3. The number of carbonyl (C=O) groups is 1. The molecule has 0 radical (unpaired) electrons. The van der Waals surface area contributed by atoms with E-state index in [1.165, 1.54) is 18.3 Å². The zero-order valence-corrected chi connectivity index (χ0v) is 7.61. The minimum atomic E-state index is -2.91. The second-order valence-electron chi connectivity index (χ2n) is 2.97. The highest BCUT2D eigenvalue weighted by Gasteiger charge is 2.19. The summed E-state index contributed by atoms with van der Waals surface area (Å²) in [4.78, 5) is 15.3. The van der Waals surface area contributed by atoms with Crippen molar-refractivity contribution in [3.8, 4) is 5.75 Å². The Hall–Kier alpha value is -1.78. The molecule has 0 bridgehead atoms. The monoisotopic (exact) mass is 211 g/mol. The molecule has 1 aromatic carbocycles. The van der Waals surface area contributed by atoms with E-state index in [2.05, 4.69) is 9.73 Å². The number of fused-ring (bicyclic) bond motifs is 1. The SMILES string of the molecule is O=C1CC=Nc2c(OC(F)F)cccc21. The van der Waals surface area contributed by atoms with E-state index in [0.29, 0.717) is 5.56 Å². The third-order valence-corrected chi connectivity index (χ3v) is 2.01. The van der Waals surface area contributed by atoms with Gasteiger partial charge in [-0.2, -0.15) is 8.78 Å². The molecule has 0 aliphatic carbocycles. The number of rotatable bonds is 2. The smallest absolute Gasteiger partial charge is 0.387 e. The van der Waals surface area contributed by atoms with Gasteiger partial charge in [0.25, 0.3) is 0 Å². The molecule has 0 N–H and O–H groups in total. The van der Waals surface area contributed by atoms with Crippen LogP contribution in [-0.4, -0.2) is 18.6 Å². The summed E-state index contributed by atoms with van der Waals surface area (Å²) >= 11 is 0. The van der Waals surface area contributed by atoms with Crippen LogP contribution in [0.4, 0.5) is 14.5 Å². The number of hydrogen-bond donors (Lipinski definition) is 0. The summed E-state index contributed by atoms with van der Waals surface area (Å²) in [7, 11) is 0. The lowest BCUT2D eigenvalue weighted by Gasteiger charge is -2.13. The third-order valence-electron chi connectivity index (χ3n) is 2.01. The molecule has 0 aromatic heterocycles. The fraction of sp³-hybridized carbons (Fsp3) is 0.200. The second kappa shape index (κ2) is 3.76. The van der Waals surface area contributed by atoms with Crippen molar-refractivity contribution in [2.45, 2.75) is 13.0 Å². The van der Waals surface area contributed by atoms with Gasteiger partial charge in [-0.1, -0.05) is 6.07 Å². The maximum Gasteiger partial charge on any atom is 0.387 e. The number of aliphatic imine (C=N–C) groups is 1. The van der Waals surface area contributed by atoms with Gasteiger partial charge < -0.3 is 4.74 Å². The Morgan fingerprint density at radius 1 is 1.40 bits per heavy atom. The minimum absolute atomic E-state index is 0.0631. The number of halogens is 2. The molecule has 3 nitrogen and oxygen atoms in total. The zero-order chi connectivity index (χ0) is 10.8. The summed E-state index contributed by atoms with van der Waals surface area (Å²) in [6.45, 7) is -2.91. The lowest BCUT2D eigenvalue weighted by Crippen LogP contribution is -2.08. The lowest BCUT2D eigenvalue weighted by atomic mass is 10.0. The highest BCUT2D eigenvalue weighted by atomic mass is 19.3. The standard InChI is InChI=1S/C10H7F2NO2/c11-10(12)15-8-3-1-2-6-7(14)4-5-13-9(6)8/h1-3,5,10H,4H2. The Bertz CT molecular complexity index is 429. The van der Waals surface area contributed by atoms with Gasteiger partial charge in [0.2, 0.25) is 0 Å². The summed E-state index contributed by atoms with van der Waals surface area (Å²) in [5.41, 5.74) is 0.518. The Balaban J connectivity index is 2.46. The molecule has 1 heterocycles.